The zero-order valence-corrected chi connectivity index (χ0v) is 17.0. The number of aromatic nitrogens is 2. The summed E-state index contributed by atoms with van der Waals surface area (Å²) in [6.45, 7) is 1.44. The van der Waals surface area contributed by atoms with Crippen molar-refractivity contribution in [1.82, 2.24) is 9.55 Å². The zero-order valence-electron chi connectivity index (χ0n) is 14.2. The first-order valence-corrected chi connectivity index (χ1v) is 9.07. The van der Waals surface area contributed by atoms with E-state index in [0.717, 1.165) is 10.6 Å². The first-order valence-electron chi connectivity index (χ1n) is 7.61. The second-order valence-corrected chi connectivity index (χ2v) is 6.96. The summed E-state index contributed by atoms with van der Waals surface area (Å²) in [5.74, 6) is -0.588. The van der Waals surface area contributed by atoms with Crippen molar-refractivity contribution >= 4 is 13.8 Å². The standard InChI is InChI=1S/C13H17N2O9P.Na/c1-2-3-9(17)23-11-10-7(6-21-25(19,20)24-10)22-12(11)15-5-4-8(16)14-13(15)18;/h4-5,7,10-12H,2-3,6H2,1H3,(H,19,20)(H,14,16,18);/q;+1/p-1/t7-,10-,11-,12-;/m1./s1. The molecule has 138 valence electrons. The molecule has 1 N–H and O–H groups in total. The number of esters is 1. The van der Waals surface area contributed by atoms with Gasteiger partial charge in [-0.2, -0.15) is 0 Å². The smallest absolute Gasteiger partial charge is 0.756 e. The number of fused-ring (bicyclic) bond motifs is 1. The normalized spacial score (nSPS) is 33.2. The molecule has 0 aliphatic carbocycles. The number of aromatic amines is 1. The Morgan fingerprint density at radius 3 is 2.88 bits per heavy atom. The van der Waals surface area contributed by atoms with Crippen LogP contribution in [-0.4, -0.2) is 40.4 Å². The van der Waals surface area contributed by atoms with Gasteiger partial charge in [0.1, 0.15) is 12.2 Å². The predicted molar refractivity (Wildman–Crippen MR) is 78.5 cm³/mol. The van der Waals surface area contributed by atoms with Crippen LogP contribution in [0.3, 0.4) is 0 Å². The van der Waals surface area contributed by atoms with Crippen molar-refractivity contribution in [2.45, 2.75) is 44.3 Å². The van der Waals surface area contributed by atoms with Gasteiger partial charge in [0.15, 0.2) is 12.3 Å². The van der Waals surface area contributed by atoms with E-state index in [1.54, 1.807) is 6.92 Å². The average molecular weight is 398 g/mol. The van der Waals surface area contributed by atoms with Crippen molar-refractivity contribution < 1.29 is 62.3 Å². The molecule has 2 aliphatic heterocycles. The van der Waals surface area contributed by atoms with E-state index in [1.165, 1.54) is 6.20 Å². The third kappa shape index (κ3) is 4.55. The number of rotatable bonds is 4. The number of phosphoric ester groups is 1. The molecule has 2 saturated heterocycles. The summed E-state index contributed by atoms with van der Waals surface area (Å²) in [5.41, 5.74) is -1.40. The van der Waals surface area contributed by atoms with Gasteiger partial charge in [0.25, 0.3) is 13.4 Å². The Hall–Kier alpha value is -0.780. The molecule has 11 nitrogen and oxygen atoms in total. The Kier molecular flexibility index (Phi) is 7.03. The first-order chi connectivity index (χ1) is 11.8. The number of hydrogen-bond acceptors (Lipinski definition) is 9. The number of nitrogens with one attached hydrogen (secondary N) is 1. The molecule has 0 aromatic carbocycles. The van der Waals surface area contributed by atoms with Crippen LogP contribution in [-0.2, 0) is 27.9 Å². The maximum atomic E-state index is 12.0. The maximum absolute atomic E-state index is 12.0. The number of carbonyl (C=O) groups excluding carboxylic acids is 1. The molecule has 5 atom stereocenters. The molecule has 1 aromatic rings. The van der Waals surface area contributed by atoms with Crippen LogP contribution in [0.1, 0.15) is 26.0 Å². The van der Waals surface area contributed by atoms with E-state index in [4.69, 9.17) is 14.0 Å². The van der Waals surface area contributed by atoms with Crippen LogP contribution >= 0.6 is 7.82 Å². The molecule has 2 fully saturated rings. The summed E-state index contributed by atoms with van der Waals surface area (Å²) in [6.07, 6.45) is -2.58. The molecule has 26 heavy (non-hydrogen) atoms. The van der Waals surface area contributed by atoms with Gasteiger partial charge in [0.05, 0.1) is 6.61 Å². The molecule has 1 unspecified atom stereocenters. The van der Waals surface area contributed by atoms with Gasteiger partial charge in [-0.15, -0.1) is 0 Å². The van der Waals surface area contributed by atoms with Gasteiger partial charge < -0.3 is 23.4 Å². The first kappa shape index (κ1) is 21.5. The summed E-state index contributed by atoms with van der Waals surface area (Å²) in [4.78, 5) is 48.8. The van der Waals surface area contributed by atoms with Crippen LogP contribution < -0.4 is 45.7 Å². The Labute approximate surface area is 169 Å². The fraction of sp³-hybridized carbons (Fsp3) is 0.615. The number of carbonyl (C=O) groups is 1. The molecule has 0 radical (unpaired) electrons. The van der Waals surface area contributed by atoms with E-state index in [9.17, 15) is 23.8 Å². The Morgan fingerprint density at radius 1 is 1.50 bits per heavy atom. The molecular weight excluding hydrogens is 382 g/mol. The second-order valence-electron chi connectivity index (χ2n) is 5.60. The van der Waals surface area contributed by atoms with E-state index in [1.807, 2.05) is 0 Å². The van der Waals surface area contributed by atoms with Gasteiger partial charge in [-0.25, -0.2) is 4.79 Å². The quantitative estimate of drug-likeness (QED) is 0.304. The molecule has 0 bridgehead atoms. The average Bonchev–Trinajstić information content (AvgIpc) is 2.84. The fourth-order valence-corrected chi connectivity index (χ4v) is 3.65. The topological polar surface area (TPSA) is 149 Å². The monoisotopic (exact) mass is 398 g/mol. The largest absolute Gasteiger partial charge is 1.00 e. The number of ether oxygens (including phenoxy) is 2. The minimum atomic E-state index is -4.56. The van der Waals surface area contributed by atoms with Crippen LogP contribution in [0.25, 0.3) is 0 Å². The summed E-state index contributed by atoms with van der Waals surface area (Å²) in [7, 11) is -4.56. The number of H-pyrrole nitrogens is 1. The number of nitrogens with zero attached hydrogens (tertiary/aromatic N) is 1. The van der Waals surface area contributed by atoms with Crippen LogP contribution in [0.4, 0.5) is 0 Å². The Bertz CT molecular complexity index is 824. The van der Waals surface area contributed by atoms with Gasteiger partial charge in [0.2, 0.25) is 0 Å². The van der Waals surface area contributed by atoms with Crippen molar-refractivity contribution in [1.29, 1.82) is 0 Å². The Balaban J connectivity index is 0.00000243. The molecule has 0 amide bonds. The summed E-state index contributed by atoms with van der Waals surface area (Å²) < 4.78 is 33.0. The number of phosphoric acid groups is 1. The molecule has 1 aromatic heterocycles. The van der Waals surface area contributed by atoms with Crippen LogP contribution in [0.15, 0.2) is 21.9 Å². The Morgan fingerprint density at radius 2 is 2.23 bits per heavy atom. The molecule has 13 heteroatoms. The molecule has 0 saturated carbocycles. The van der Waals surface area contributed by atoms with Crippen LogP contribution in [0.5, 0.6) is 0 Å². The summed E-state index contributed by atoms with van der Waals surface area (Å²) in [6, 6.07) is 1.09. The van der Waals surface area contributed by atoms with E-state index in [0.29, 0.717) is 6.42 Å². The second kappa shape index (κ2) is 8.49. The van der Waals surface area contributed by atoms with Crippen molar-refractivity contribution in [3.8, 4) is 0 Å². The molecule has 3 heterocycles. The van der Waals surface area contributed by atoms with E-state index in [-0.39, 0.29) is 42.6 Å². The fourth-order valence-electron chi connectivity index (χ4n) is 2.71. The number of hydrogen-bond donors (Lipinski definition) is 1. The van der Waals surface area contributed by atoms with Crippen molar-refractivity contribution in [3.63, 3.8) is 0 Å². The van der Waals surface area contributed by atoms with Gasteiger partial charge in [-0.1, -0.05) is 6.92 Å². The molecule has 2 aliphatic rings. The molecular formula is C13H16N2NaO9P. The third-order valence-corrected chi connectivity index (χ3v) is 4.75. The van der Waals surface area contributed by atoms with Crippen molar-refractivity contribution in [2.75, 3.05) is 6.61 Å². The van der Waals surface area contributed by atoms with E-state index in [2.05, 4.69) is 9.51 Å². The zero-order chi connectivity index (χ0) is 18.2. The van der Waals surface area contributed by atoms with Crippen LogP contribution in [0, 0.1) is 0 Å². The van der Waals surface area contributed by atoms with E-state index >= 15 is 0 Å². The van der Waals surface area contributed by atoms with Crippen molar-refractivity contribution in [2.24, 2.45) is 0 Å². The molecule has 3 rings (SSSR count). The SMILES string of the molecule is CCCC(=O)O[C@@H]1[C@@H]2OP(=O)([O-])OC[C@H]2O[C@H]1n1ccc(=O)[nH]c1=O.[Na+]. The summed E-state index contributed by atoms with van der Waals surface area (Å²) in [5, 5.41) is 0. The summed E-state index contributed by atoms with van der Waals surface area (Å²) >= 11 is 0. The van der Waals surface area contributed by atoms with Gasteiger partial charge in [0, 0.05) is 18.7 Å². The maximum Gasteiger partial charge on any atom is 1.00 e. The van der Waals surface area contributed by atoms with E-state index < -0.39 is 49.6 Å². The third-order valence-electron chi connectivity index (χ3n) is 3.78. The van der Waals surface area contributed by atoms with Crippen LogP contribution in [0.2, 0.25) is 0 Å². The van der Waals surface area contributed by atoms with Gasteiger partial charge >= 0.3 is 41.2 Å². The predicted octanol–water partition coefficient (Wildman–Crippen LogP) is -3.97. The van der Waals surface area contributed by atoms with Crippen molar-refractivity contribution in [3.05, 3.63) is 33.1 Å². The molecule has 0 spiro atoms. The van der Waals surface area contributed by atoms with Gasteiger partial charge in [-0.05, 0) is 6.42 Å². The minimum Gasteiger partial charge on any atom is -0.756 e. The van der Waals surface area contributed by atoms with Gasteiger partial charge in [-0.3, -0.25) is 23.7 Å². The minimum absolute atomic E-state index is 0.